The third kappa shape index (κ3) is 13.9. The van der Waals surface area contributed by atoms with Crippen LogP contribution in [0.25, 0.3) is 11.2 Å². The molecular formula is C25H43N8O17P3S. The van der Waals surface area contributed by atoms with Gasteiger partial charge in [-0.2, -0.15) is 4.31 Å². The van der Waals surface area contributed by atoms with Gasteiger partial charge in [-0.25, -0.2) is 28.6 Å². The highest BCUT2D eigenvalue weighted by Crippen LogP contribution is 2.61. The minimum atomic E-state index is -5.57. The van der Waals surface area contributed by atoms with Crippen molar-refractivity contribution in [3.8, 4) is 0 Å². The van der Waals surface area contributed by atoms with Crippen LogP contribution in [0.2, 0.25) is 0 Å². The number of aliphatic hydroxyl groups is 2. The molecule has 0 aliphatic carbocycles. The number of phosphoric ester groups is 3. The molecule has 0 saturated carbocycles. The van der Waals surface area contributed by atoms with Crippen molar-refractivity contribution in [1.82, 2.24) is 30.2 Å². The molecule has 3 rings (SSSR count). The molecule has 29 heteroatoms. The molecule has 1 saturated heterocycles. The molecule has 0 aromatic carbocycles. The molecule has 8 atom stereocenters. The van der Waals surface area contributed by atoms with Crippen molar-refractivity contribution in [3.63, 3.8) is 0 Å². The lowest BCUT2D eigenvalue weighted by Gasteiger charge is -2.30. The Labute approximate surface area is 311 Å². The van der Waals surface area contributed by atoms with E-state index in [1.54, 1.807) is 6.92 Å². The van der Waals surface area contributed by atoms with Crippen molar-refractivity contribution in [1.29, 1.82) is 0 Å². The van der Waals surface area contributed by atoms with Crippen LogP contribution in [-0.2, 0) is 50.7 Å². The first-order valence-electron chi connectivity index (χ1n) is 15.7. The molecule has 0 radical (unpaired) electrons. The summed E-state index contributed by atoms with van der Waals surface area (Å²) in [7, 11) is -16.4. The highest BCUT2D eigenvalue weighted by molar-refractivity contribution is 8.13. The van der Waals surface area contributed by atoms with Gasteiger partial charge in [-0.1, -0.05) is 25.6 Å². The quantitative estimate of drug-likeness (QED) is 0.0499. The number of amides is 2. The van der Waals surface area contributed by atoms with E-state index >= 15 is 0 Å². The number of hydrogen-bond acceptors (Lipinski definition) is 19. The van der Waals surface area contributed by atoms with Gasteiger partial charge in [-0.05, 0) is 6.92 Å². The zero-order chi connectivity index (χ0) is 40.6. The number of rotatable bonds is 21. The maximum absolute atomic E-state index is 12.6. The molecule has 2 aromatic heterocycles. The summed E-state index contributed by atoms with van der Waals surface area (Å²) in [5.41, 5.74) is 9.80. The number of nitrogens with one attached hydrogen (secondary N) is 2. The molecule has 1 fully saturated rings. The van der Waals surface area contributed by atoms with E-state index in [2.05, 4.69) is 34.4 Å². The van der Waals surface area contributed by atoms with Gasteiger partial charge in [-0.15, -0.1) is 0 Å². The average Bonchev–Trinajstić information content (AvgIpc) is 3.60. The van der Waals surface area contributed by atoms with Crippen LogP contribution in [0.15, 0.2) is 12.7 Å². The van der Waals surface area contributed by atoms with Gasteiger partial charge in [0.1, 0.15) is 36.3 Å². The Kier molecular flexibility index (Phi) is 16.2. The lowest BCUT2D eigenvalue weighted by molar-refractivity contribution is -0.137. The Morgan fingerprint density at radius 1 is 1.07 bits per heavy atom. The maximum atomic E-state index is 12.6. The van der Waals surface area contributed by atoms with Crippen molar-refractivity contribution in [2.45, 2.75) is 70.3 Å². The first-order valence-corrected chi connectivity index (χ1v) is 21.2. The molecule has 1 aliphatic heterocycles. The second-order valence-electron chi connectivity index (χ2n) is 12.5. The molecule has 306 valence electrons. The van der Waals surface area contributed by atoms with Crippen LogP contribution in [0.1, 0.15) is 39.8 Å². The molecule has 12 N–H and O–H groups in total. The lowest BCUT2D eigenvalue weighted by atomic mass is 9.87. The van der Waals surface area contributed by atoms with Crippen molar-refractivity contribution in [2.75, 3.05) is 37.8 Å². The second-order valence-corrected chi connectivity index (χ2v) is 17.9. The van der Waals surface area contributed by atoms with Gasteiger partial charge >= 0.3 is 23.5 Å². The monoisotopic (exact) mass is 852 g/mol. The van der Waals surface area contributed by atoms with Crippen LogP contribution in [0.3, 0.4) is 0 Å². The Hall–Kier alpha value is -2.48. The summed E-state index contributed by atoms with van der Waals surface area (Å²) in [6, 6.07) is -0.280. The molecular weight excluding hydrogens is 809 g/mol. The predicted molar refractivity (Wildman–Crippen MR) is 185 cm³/mol. The highest BCUT2D eigenvalue weighted by Gasteiger charge is 2.50. The summed E-state index contributed by atoms with van der Waals surface area (Å²) in [6.45, 7) is 2.14. The van der Waals surface area contributed by atoms with E-state index < -0.39 is 84.6 Å². The second kappa shape index (κ2) is 19.1. The normalized spacial score (nSPS) is 22.6. The number of phosphoric acid groups is 3. The van der Waals surface area contributed by atoms with Crippen LogP contribution >= 0.6 is 35.2 Å². The first kappa shape index (κ1) is 45.9. The minimum absolute atomic E-state index is 0.0286. The number of ether oxygens (including phenoxy) is 1. The van der Waals surface area contributed by atoms with Crippen LogP contribution in [0.5, 0.6) is 0 Å². The SMILES string of the molecule is CC(N)CC(=O)SCCNC(=O)CCNC(=O)C(O)C(C)(C)COP(=O)(O)OP(=O)(O)OCC1OC(n2cnc3c(N)ncnc32)C(O)C1OP(=O)(O)O. The molecule has 25 nitrogen and oxygen atoms in total. The number of carbonyl (C=O) groups excluding carboxylic acids is 3. The Morgan fingerprint density at radius 3 is 2.39 bits per heavy atom. The lowest BCUT2D eigenvalue weighted by Crippen LogP contribution is -2.46. The summed E-state index contributed by atoms with van der Waals surface area (Å²) in [5, 5.41) is 26.1. The molecule has 3 heterocycles. The molecule has 2 aromatic rings. The van der Waals surface area contributed by atoms with Crippen LogP contribution in [0, 0.1) is 5.41 Å². The molecule has 8 unspecified atom stereocenters. The van der Waals surface area contributed by atoms with Crippen LogP contribution in [0.4, 0.5) is 5.82 Å². The maximum Gasteiger partial charge on any atom is 0.481 e. The van der Waals surface area contributed by atoms with Gasteiger partial charge in [0.15, 0.2) is 22.8 Å². The molecule has 0 bridgehead atoms. The van der Waals surface area contributed by atoms with E-state index in [-0.39, 0.29) is 54.1 Å². The number of carbonyl (C=O) groups is 3. The summed E-state index contributed by atoms with van der Waals surface area (Å²) in [5.74, 6) is -1.16. The standard InChI is InChI=1S/C25H43N8O17P3S/c1-13(26)8-16(35)54-7-6-28-15(34)4-5-29-23(38)20(37)25(2,3)10-47-53(44,45)50-52(42,43)46-9-14-19(49-51(39,40)41)18(36)24(48-14)33-12-32-17-21(27)30-11-31-22(17)33/h11-14,18-20,24,36-37H,4-10,26H2,1-3H3,(H,28,34)(H,29,38)(H,42,43)(H,44,45)(H2,27,30,31)(H2,39,40,41). The zero-order valence-electron chi connectivity index (χ0n) is 28.9. The highest BCUT2D eigenvalue weighted by atomic mass is 32.2. The fourth-order valence-electron chi connectivity index (χ4n) is 4.62. The van der Waals surface area contributed by atoms with Gasteiger partial charge in [0, 0.05) is 43.1 Å². The van der Waals surface area contributed by atoms with Crippen molar-refractivity contribution < 1.29 is 80.5 Å². The largest absolute Gasteiger partial charge is 0.481 e. The average molecular weight is 853 g/mol. The smallest absolute Gasteiger partial charge is 0.386 e. The number of fused-ring (bicyclic) bond motifs is 1. The van der Waals surface area contributed by atoms with Crippen molar-refractivity contribution in [2.24, 2.45) is 11.1 Å². The van der Waals surface area contributed by atoms with Gasteiger partial charge in [-0.3, -0.25) is 32.5 Å². The number of nitrogens with zero attached hydrogens (tertiary/aromatic N) is 4. The summed E-state index contributed by atoms with van der Waals surface area (Å²) in [6.07, 6.45) is -6.74. The Bertz CT molecular complexity index is 1780. The van der Waals surface area contributed by atoms with Gasteiger partial charge in [0.05, 0.1) is 19.5 Å². The first-order chi connectivity index (χ1) is 24.9. The van der Waals surface area contributed by atoms with Crippen molar-refractivity contribution >= 4 is 69.1 Å². The van der Waals surface area contributed by atoms with Crippen molar-refractivity contribution in [3.05, 3.63) is 12.7 Å². The predicted octanol–water partition coefficient (Wildman–Crippen LogP) is -1.60. The summed E-state index contributed by atoms with van der Waals surface area (Å²) in [4.78, 5) is 87.0. The number of aliphatic hydroxyl groups excluding tert-OH is 2. The number of nitrogen functional groups attached to an aromatic ring is 1. The third-order valence-electron chi connectivity index (χ3n) is 7.25. The Balaban J connectivity index is 1.51. The van der Waals surface area contributed by atoms with Crippen LogP contribution < -0.4 is 22.1 Å². The minimum Gasteiger partial charge on any atom is -0.386 e. The van der Waals surface area contributed by atoms with E-state index in [9.17, 15) is 57.9 Å². The number of nitrogens with two attached hydrogens (primary N) is 2. The fourth-order valence-corrected chi connectivity index (χ4v) is 8.26. The Morgan fingerprint density at radius 2 is 1.74 bits per heavy atom. The molecule has 1 aliphatic rings. The van der Waals surface area contributed by atoms with E-state index in [0.717, 1.165) is 29.0 Å². The zero-order valence-corrected chi connectivity index (χ0v) is 32.4. The van der Waals surface area contributed by atoms with Gasteiger partial charge in [0.25, 0.3) is 0 Å². The van der Waals surface area contributed by atoms with E-state index in [1.807, 2.05) is 0 Å². The topological polar surface area (TPSA) is 390 Å². The number of thioether (sulfide) groups is 1. The van der Waals surface area contributed by atoms with Gasteiger partial charge < -0.3 is 56.6 Å². The molecule has 0 spiro atoms. The number of anilines is 1. The summed E-state index contributed by atoms with van der Waals surface area (Å²) >= 11 is 1.02. The number of imidazole rings is 1. The summed E-state index contributed by atoms with van der Waals surface area (Å²) < 4.78 is 62.0. The van der Waals surface area contributed by atoms with E-state index in [0.29, 0.717) is 5.75 Å². The molecule has 54 heavy (non-hydrogen) atoms. The third-order valence-corrected chi connectivity index (χ3v) is 11.3. The van der Waals surface area contributed by atoms with Crippen LogP contribution in [-0.4, -0.2) is 129 Å². The van der Waals surface area contributed by atoms with E-state index in [4.69, 9.17) is 25.3 Å². The van der Waals surface area contributed by atoms with Gasteiger partial charge in [0.2, 0.25) is 11.8 Å². The number of aromatic nitrogens is 4. The van der Waals surface area contributed by atoms with E-state index in [1.165, 1.54) is 13.8 Å². The molecule has 2 amide bonds. The fraction of sp³-hybridized carbons (Fsp3) is 0.680. The number of hydrogen-bond donors (Lipinski definition) is 10.